The molecule has 0 spiro atoms. The van der Waals surface area contributed by atoms with Crippen molar-refractivity contribution in [3.63, 3.8) is 0 Å². The lowest BCUT2D eigenvalue weighted by molar-refractivity contribution is 0.223. The van der Waals surface area contributed by atoms with E-state index >= 15 is 0 Å². The molecule has 0 aromatic heterocycles. The number of benzene rings is 1. The highest BCUT2D eigenvalue weighted by Crippen LogP contribution is 2.28. The van der Waals surface area contributed by atoms with Crippen molar-refractivity contribution >= 4 is 5.69 Å². The van der Waals surface area contributed by atoms with Crippen LogP contribution in [0.15, 0.2) is 24.3 Å². The van der Waals surface area contributed by atoms with E-state index in [0.29, 0.717) is 6.42 Å². The van der Waals surface area contributed by atoms with Crippen LogP contribution in [0.3, 0.4) is 0 Å². The highest BCUT2D eigenvalue weighted by molar-refractivity contribution is 5.55. The van der Waals surface area contributed by atoms with Gasteiger partial charge >= 0.3 is 0 Å². The van der Waals surface area contributed by atoms with Crippen molar-refractivity contribution in [2.75, 3.05) is 5.06 Å². The first kappa shape index (κ1) is 8.09. The minimum atomic E-state index is -0.394. The molecule has 2 rings (SSSR count). The first-order valence-electron chi connectivity index (χ1n) is 4.28. The Morgan fingerprint density at radius 3 is 3.00 bits per heavy atom. The second kappa shape index (κ2) is 3.08. The monoisotopic (exact) mass is 174 g/mol. The molecule has 0 amide bonds. The lowest BCUT2D eigenvalue weighted by Gasteiger charge is -2.29. The molecular weight excluding hydrogens is 164 g/mol. The molecule has 0 saturated carbocycles. The molecule has 3 nitrogen and oxygen atoms in total. The molecule has 1 aromatic rings. The molecule has 0 saturated heterocycles. The van der Waals surface area contributed by atoms with E-state index in [1.807, 2.05) is 24.3 Å². The zero-order chi connectivity index (χ0) is 9.26. The van der Waals surface area contributed by atoms with Crippen LogP contribution in [0.2, 0.25) is 0 Å². The summed E-state index contributed by atoms with van der Waals surface area (Å²) in [7, 11) is 0. The third kappa shape index (κ3) is 1.25. The molecule has 1 aliphatic heterocycles. The van der Waals surface area contributed by atoms with Gasteiger partial charge in [0, 0.05) is 0 Å². The molecule has 0 aliphatic carbocycles. The molecule has 1 N–H and O–H groups in total. The highest BCUT2D eigenvalue weighted by atomic mass is 16.5. The molecule has 0 radical (unpaired) electrons. The molecule has 1 atom stereocenters. The Labute approximate surface area is 76.8 Å². The van der Waals surface area contributed by atoms with Gasteiger partial charge in [-0.05, 0) is 24.5 Å². The van der Waals surface area contributed by atoms with Crippen molar-refractivity contribution in [3.05, 3.63) is 29.8 Å². The van der Waals surface area contributed by atoms with E-state index in [2.05, 4.69) is 6.07 Å². The molecule has 1 aliphatic rings. The number of hydrogen-bond acceptors (Lipinski definition) is 3. The number of rotatable bonds is 0. The Balaban J connectivity index is 2.40. The standard InChI is InChI=1S/C10H10N2O/c11-7-9-6-5-8-3-1-2-4-10(8)12(9)13/h1-4,9,13H,5-6H2/t9-/m1/s1. The maximum absolute atomic E-state index is 9.63. The zero-order valence-electron chi connectivity index (χ0n) is 7.14. The van der Waals surface area contributed by atoms with E-state index in [1.165, 1.54) is 0 Å². The average Bonchev–Trinajstić information content (AvgIpc) is 2.19. The Hall–Kier alpha value is -1.53. The van der Waals surface area contributed by atoms with Gasteiger partial charge in [0.1, 0.15) is 6.04 Å². The number of hydrogen-bond donors (Lipinski definition) is 1. The molecule has 13 heavy (non-hydrogen) atoms. The Morgan fingerprint density at radius 2 is 2.23 bits per heavy atom. The third-order valence-corrected chi connectivity index (χ3v) is 2.37. The fourth-order valence-electron chi connectivity index (χ4n) is 1.65. The number of nitrogens with zero attached hydrogens (tertiary/aromatic N) is 2. The summed E-state index contributed by atoms with van der Waals surface area (Å²) < 4.78 is 0. The summed E-state index contributed by atoms with van der Waals surface area (Å²) in [4.78, 5) is 0. The molecule has 0 unspecified atom stereocenters. The van der Waals surface area contributed by atoms with Crippen LogP contribution < -0.4 is 5.06 Å². The molecule has 1 aromatic carbocycles. The van der Waals surface area contributed by atoms with Crippen LogP contribution in [0.4, 0.5) is 5.69 Å². The molecular formula is C10H10N2O. The molecule has 1 heterocycles. The average molecular weight is 174 g/mol. The smallest absolute Gasteiger partial charge is 0.143 e. The summed E-state index contributed by atoms with van der Waals surface area (Å²) in [6.45, 7) is 0. The lowest BCUT2D eigenvalue weighted by Crippen LogP contribution is -2.35. The van der Waals surface area contributed by atoms with Crippen molar-refractivity contribution in [2.45, 2.75) is 18.9 Å². The van der Waals surface area contributed by atoms with E-state index in [4.69, 9.17) is 5.26 Å². The van der Waals surface area contributed by atoms with Crippen molar-refractivity contribution in [3.8, 4) is 6.07 Å². The lowest BCUT2D eigenvalue weighted by atomic mass is 9.98. The molecule has 66 valence electrons. The molecule has 3 heteroatoms. The van der Waals surface area contributed by atoms with Gasteiger partial charge in [-0.15, -0.1) is 0 Å². The fourth-order valence-corrected chi connectivity index (χ4v) is 1.65. The van der Waals surface area contributed by atoms with Crippen molar-refractivity contribution < 1.29 is 5.21 Å². The van der Waals surface area contributed by atoms with E-state index in [1.54, 1.807) is 0 Å². The van der Waals surface area contributed by atoms with Gasteiger partial charge in [0.25, 0.3) is 0 Å². The first-order chi connectivity index (χ1) is 6.33. The zero-order valence-corrected chi connectivity index (χ0v) is 7.14. The fraction of sp³-hybridized carbons (Fsp3) is 0.300. The summed E-state index contributed by atoms with van der Waals surface area (Å²) in [5.74, 6) is 0. The van der Waals surface area contributed by atoms with Crippen molar-refractivity contribution in [1.82, 2.24) is 0 Å². The molecule has 0 fully saturated rings. The summed E-state index contributed by atoms with van der Waals surface area (Å²) in [5, 5.41) is 19.4. The number of fused-ring (bicyclic) bond motifs is 1. The molecule has 0 bridgehead atoms. The maximum Gasteiger partial charge on any atom is 0.143 e. The van der Waals surface area contributed by atoms with Crippen LogP contribution in [0.25, 0.3) is 0 Å². The first-order valence-corrected chi connectivity index (χ1v) is 4.28. The van der Waals surface area contributed by atoms with Gasteiger partial charge in [-0.1, -0.05) is 18.2 Å². The van der Waals surface area contributed by atoms with Crippen LogP contribution in [-0.4, -0.2) is 11.2 Å². The van der Waals surface area contributed by atoms with E-state index < -0.39 is 6.04 Å². The van der Waals surface area contributed by atoms with Gasteiger partial charge in [0.05, 0.1) is 11.8 Å². The SMILES string of the molecule is N#C[C@H]1CCc2ccccc2N1O. The predicted octanol–water partition coefficient (Wildman–Crippen LogP) is 1.72. The summed E-state index contributed by atoms with van der Waals surface area (Å²) in [6.07, 6.45) is 1.56. The van der Waals surface area contributed by atoms with E-state index in [-0.39, 0.29) is 0 Å². The highest BCUT2D eigenvalue weighted by Gasteiger charge is 2.23. The minimum absolute atomic E-state index is 0.394. The van der Waals surface area contributed by atoms with Crippen LogP contribution in [0.1, 0.15) is 12.0 Å². The van der Waals surface area contributed by atoms with Gasteiger partial charge in [0.2, 0.25) is 0 Å². The summed E-state index contributed by atoms with van der Waals surface area (Å²) >= 11 is 0. The Bertz CT molecular complexity index is 356. The number of para-hydroxylation sites is 1. The largest absolute Gasteiger partial charge is 0.287 e. The topological polar surface area (TPSA) is 47.3 Å². The van der Waals surface area contributed by atoms with Crippen molar-refractivity contribution in [1.29, 1.82) is 5.26 Å². The second-order valence-corrected chi connectivity index (χ2v) is 3.16. The Kier molecular flexibility index (Phi) is 1.91. The second-order valence-electron chi connectivity index (χ2n) is 3.16. The Morgan fingerprint density at radius 1 is 1.46 bits per heavy atom. The predicted molar refractivity (Wildman–Crippen MR) is 48.4 cm³/mol. The van der Waals surface area contributed by atoms with Gasteiger partial charge in [-0.2, -0.15) is 5.26 Å². The number of anilines is 1. The third-order valence-electron chi connectivity index (χ3n) is 2.37. The number of aryl methyl sites for hydroxylation is 1. The van der Waals surface area contributed by atoms with Gasteiger partial charge in [-0.25, -0.2) is 5.06 Å². The summed E-state index contributed by atoms with van der Waals surface area (Å²) in [6, 6.07) is 9.29. The van der Waals surface area contributed by atoms with Gasteiger partial charge in [0.15, 0.2) is 0 Å². The quantitative estimate of drug-likeness (QED) is 0.651. The van der Waals surface area contributed by atoms with Crippen LogP contribution in [0.5, 0.6) is 0 Å². The van der Waals surface area contributed by atoms with Crippen LogP contribution in [0, 0.1) is 11.3 Å². The minimum Gasteiger partial charge on any atom is -0.287 e. The van der Waals surface area contributed by atoms with E-state index in [9.17, 15) is 5.21 Å². The van der Waals surface area contributed by atoms with Crippen LogP contribution in [-0.2, 0) is 6.42 Å². The maximum atomic E-state index is 9.63. The van der Waals surface area contributed by atoms with E-state index in [0.717, 1.165) is 22.7 Å². The number of nitriles is 1. The van der Waals surface area contributed by atoms with Crippen LogP contribution >= 0.6 is 0 Å². The summed E-state index contributed by atoms with van der Waals surface area (Å²) in [5.41, 5.74) is 1.87. The van der Waals surface area contributed by atoms with Gasteiger partial charge in [-0.3, -0.25) is 5.21 Å². The van der Waals surface area contributed by atoms with Gasteiger partial charge < -0.3 is 0 Å². The van der Waals surface area contributed by atoms with Crippen molar-refractivity contribution in [2.24, 2.45) is 0 Å². The normalized spacial score (nSPS) is 20.6. The number of hydroxylamine groups is 1.